The van der Waals surface area contributed by atoms with Crippen LogP contribution in [0.4, 0.5) is 0 Å². The van der Waals surface area contributed by atoms with E-state index in [1.807, 2.05) is 36.4 Å². The summed E-state index contributed by atoms with van der Waals surface area (Å²) in [4.78, 5) is 0. The quantitative estimate of drug-likeness (QED) is 0.467. The Kier molecular flexibility index (Phi) is 4.86. The predicted octanol–water partition coefficient (Wildman–Crippen LogP) is 4.15. The van der Waals surface area contributed by atoms with Crippen LogP contribution < -0.4 is 11.3 Å². The maximum atomic E-state index is 6.24. The van der Waals surface area contributed by atoms with E-state index >= 15 is 0 Å². The highest BCUT2D eigenvalue weighted by atomic mass is 127. The van der Waals surface area contributed by atoms with Gasteiger partial charge in [-0.2, -0.15) is 0 Å². The van der Waals surface area contributed by atoms with Crippen LogP contribution in [-0.2, 0) is 0 Å². The average molecular weight is 393 g/mol. The van der Waals surface area contributed by atoms with Crippen molar-refractivity contribution in [1.29, 1.82) is 0 Å². The van der Waals surface area contributed by atoms with Gasteiger partial charge in [-0.3, -0.25) is 5.84 Å². The molecule has 1 atom stereocenters. The van der Waals surface area contributed by atoms with Crippen LogP contribution >= 0.6 is 45.8 Å². The molecule has 0 spiro atoms. The minimum atomic E-state index is -0.177. The fourth-order valence-corrected chi connectivity index (χ4v) is 2.92. The van der Waals surface area contributed by atoms with Gasteiger partial charge in [0, 0.05) is 3.57 Å². The van der Waals surface area contributed by atoms with Gasteiger partial charge >= 0.3 is 0 Å². The van der Waals surface area contributed by atoms with Crippen molar-refractivity contribution in [2.45, 2.75) is 6.04 Å². The number of hydrazine groups is 1. The summed E-state index contributed by atoms with van der Waals surface area (Å²) in [6.45, 7) is 0. The molecule has 0 aliphatic heterocycles. The van der Waals surface area contributed by atoms with Crippen LogP contribution in [0.1, 0.15) is 17.2 Å². The molecule has 2 aromatic carbocycles. The first kappa shape index (κ1) is 14.1. The lowest BCUT2D eigenvalue weighted by Crippen LogP contribution is -2.29. The molecule has 0 bridgehead atoms. The first-order valence-corrected chi connectivity index (χ1v) is 7.13. The zero-order valence-corrected chi connectivity index (χ0v) is 13.0. The summed E-state index contributed by atoms with van der Waals surface area (Å²) in [6.07, 6.45) is 0. The summed E-state index contributed by atoms with van der Waals surface area (Å²) in [5.41, 5.74) is 4.74. The minimum Gasteiger partial charge on any atom is -0.271 e. The Balaban J connectivity index is 2.53. The zero-order chi connectivity index (χ0) is 13.1. The third kappa shape index (κ3) is 2.81. The molecule has 0 aliphatic carbocycles. The number of halogens is 3. The van der Waals surface area contributed by atoms with Gasteiger partial charge in [0.05, 0.1) is 16.1 Å². The van der Waals surface area contributed by atoms with Gasteiger partial charge in [0.25, 0.3) is 0 Å². The SMILES string of the molecule is NNC(c1ccccc1I)c1cccc(Cl)c1Cl. The van der Waals surface area contributed by atoms with Crippen LogP contribution in [0.5, 0.6) is 0 Å². The summed E-state index contributed by atoms with van der Waals surface area (Å²) in [6, 6.07) is 13.4. The third-order valence-electron chi connectivity index (χ3n) is 2.68. The first-order valence-electron chi connectivity index (χ1n) is 5.29. The number of rotatable bonds is 3. The maximum absolute atomic E-state index is 6.24. The molecule has 5 heteroatoms. The fraction of sp³-hybridized carbons (Fsp3) is 0.0769. The molecular formula is C13H11Cl2IN2. The van der Waals surface area contributed by atoms with Crippen LogP contribution in [0.2, 0.25) is 10.0 Å². The second-order valence-corrected chi connectivity index (χ2v) is 5.71. The molecule has 0 saturated carbocycles. The van der Waals surface area contributed by atoms with Gasteiger partial charge in [-0.05, 0) is 45.9 Å². The van der Waals surface area contributed by atoms with Crippen LogP contribution in [0.25, 0.3) is 0 Å². The van der Waals surface area contributed by atoms with E-state index in [0.717, 1.165) is 14.7 Å². The topological polar surface area (TPSA) is 38.0 Å². The second kappa shape index (κ2) is 6.21. The summed E-state index contributed by atoms with van der Waals surface area (Å²) in [5.74, 6) is 5.67. The lowest BCUT2D eigenvalue weighted by Gasteiger charge is -2.20. The van der Waals surface area contributed by atoms with E-state index in [9.17, 15) is 0 Å². The van der Waals surface area contributed by atoms with Crippen molar-refractivity contribution in [3.05, 3.63) is 67.2 Å². The van der Waals surface area contributed by atoms with Gasteiger partial charge in [0.15, 0.2) is 0 Å². The van der Waals surface area contributed by atoms with E-state index in [0.29, 0.717) is 10.0 Å². The number of hydrogen-bond acceptors (Lipinski definition) is 2. The molecule has 0 fully saturated rings. The largest absolute Gasteiger partial charge is 0.271 e. The van der Waals surface area contributed by atoms with Crippen molar-refractivity contribution in [2.24, 2.45) is 5.84 Å². The molecule has 18 heavy (non-hydrogen) atoms. The summed E-state index contributed by atoms with van der Waals surface area (Å²) in [5, 5.41) is 1.06. The van der Waals surface area contributed by atoms with Gasteiger partial charge in [-0.1, -0.05) is 53.5 Å². The predicted molar refractivity (Wildman–Crippen MR) is 84.8 cm³/mol. The molecule has 2 rings (SSSR count). The molecule has 1 unspecified atom stereocenters. The second-order valence-electron chi connectivity index (χ2n) is 3.76. The molecule has 0 radical (unpaired) electrons. The summed E-state index contributed by atoms with van der Waals surface area (Å²) >= 11 is 14.6. The Labute approximate surface area is 130 Å². The zero-order valence-electron chi connectivity index (χ0n) is 9.33. The fourth-order valence-electron chi connectivity index (χ4n) is 1.80. The Morgan fingerprint density at radius 2 is 1.67 bits per heavy atom. The van der Waals surface area contributed by atoms with E-state index < -0.39 is 0 Å². The van der Waals surface area contributed by atoms with Gasteiger partial charge in [-0.25, -0.2) is 5.43 Å². The first-order chi connectivity index (χ1) is 8.65. The van der Waals surface area contributed by atoms with Crippen LogP contribution in [0.3, 0.4) is 0 Å². The van der Waals surface area contributed by atoms with Gasteiger partial charge in [0.1, 0.15) is 0 Å². The number of benzene rings is 2. The molecule has 0 amide bonds. The van der Waals surface area contributed by atoms with E-state index in [1.165, 1.54) is 0 Å². The van der Waals surface area contributed by atoms with Gasteiger partial charge in [0.2, 0.25) is 0 Å². The Morgan fingerprint density at radius 1 is 1.00 bits per heavy atom. The Hall–Kier alpha value is -0.330. The van der Waals surface area contributed by atoms with Crippen molar-refractivity contribution in [1.82, 2.24) is 5.43 Å². The standard InChI is InChI=1S/C13H11Cl2IN2/c14-10-6-3-5-9(12(10)15)13(18-17)8-4-1-2-7-11(8)16/h1-7,13,18H,17H2. The highest BCUT2D eigenvalue weighted by molar-refractivity contribution is 14.1. The highest BCUT2D eigenvalue weighted by Crippen LogP contribution is 2.34. The van der Waals surface area contributed by atoms with Crippen LogP contribution in [0, 0.1) is 3.57 Å². The number of nitrogens with one attached hydrogen (secondary N) is 1. The van der Waals surface area contributed by atoms with E-state index in [-0.39, 0.29) is 6.04 Å². The Morgan fingerprint density at radius 3 is 2.33 bits per heavy atom. The van der Waals surface area contributed by atoms with Crippen LogP contribution in [0.15, 0.2) is 42.5 Å². The summed E-state index contributed by atoms with van der Waals surface area (Å²) in [7, 11) is 0. The maximum Gasteiger partial charge on any atom is 0.0735 e. The minimum absolute atomic E-state index is 0.177. The third-order valence-corrected chi connectivity index (χ3v) is 4.49. The van der Waals surface area contributed by atoms with E-state index in [1.54, 1.807) is 6.07 Å². The molecule has 94 valence electrons. The molecule has 2 aromatic rings. The van der Waals surface area contributed by atoms with Gasteiger partial charge < -0.3 is 0 Å². The normalized spacial score (nSPS) is 12.4. The van der Waals surface area contributed by atoms with Crippen molar-refractivity contribution >= 4 is 45.8 Å². The molecule has 0 aliphatic rings. The smallest absolute Gasteiger partial charge is 0.0735 e. The molecular weight excluding hydrogens is 382 g/mol. The van der Waals surface area contributed by atoms with Crippen LogP contribution in [-0.4, -0.2) is 0 Å². The lowest BCUT2D eigenvalue weighted by molar-refractivity contribution is 0.634. The van der Waals surface area contributed by atoms with E-state index in [4.69, 9.17) is 29.0 Å². The molecule has 0 heterocycles. The monoisotopic (exact) mass is 392 g/mol. The van der Waals surface area contributed by atoms with Crippen molar-refractivity contribution < 1.29 is 0 Å². The molecule has 3 N–H and O–H groups in total. The number of nitrogens with two attached hydrogens (primary N) is 1. The molecule has 2 nitrogen and oxygen atoms in total. The molecule has 0 aromatic heterocycles. The molecule has 0 saturated heterocycles. The summed E-state index contributed by atoms with van der Waals surface area (Å²) < 4.78 is 1.12. The van der Waals surface area contributed by atoms with Crippen molar-refractivity contribution in [3.8, 4) is 0 Å². The van der Waals surface area contributed by atoms with Crippen molar-refractivity contribution in [2.75, 3.05) is 0 Å². The highest BCUT2D eigenvalue weighted by Gasteiger charge is 2.18. The average Bonchev–Trinajstić information content (AvgIpc) is 2.37. The van der Waals surface area contributed by atoms with E-state index in [2.05, 4.69) is 28.0 Å². The lowest BCUT2D eigenvalue weighted by atomic mass is 9.99. The number of hydrogen-bond donors (Lipinski definition) is 2. The van der Waals surface area contributed by atoms with Crippen molar-refractivity contribution in [3.63, 3.8) is 0 Å². The Bertz CT molecular complexity index is 560. The van der Waals surface area contributed by atoms with Gasteiger partial charge in [-0.15, -0.1) is 0 Å².